The van der Waals surface area contributed by atoms with E-state index in [-0.39, 0.29) is 56.8 Å². The standard InChI is InChI=1S/Cd.2ClH.FH/h;3*1H/q+2;;;/p-2. The van der Waals surface area contributed by atoms with Crippen molar-refractivity contribution in [2.45, 2.75) is 0 Å². The average molecular weight is 203 g/mol. The van der Waals surface area contributed by atoms with Crippen LogP contribution in [0.3, 0.4) is 0 Å². The van der Waals surface area contributed by atoms with Crippen LogP contribution in [0.1, 0.15) is 0 Å². The van der Waals surface area contributed by atoms with Crippen LogP contribution in [-0.2, 0) is 27.3 Å². The molecule has 0 aliphatic carbocycles. The van der Waals surface area contributed by atoms with Crippen LogP contribution in [0.15, 0.2) is 0 Å². The molecular formula is HCdCl2F. The molecule has 0 aromatic heterocycles. The largest absolute Gasteiger partial charge is 2.00 e. The van der Waals surface area contributed by atoms with Crippen molar-refractivity contribution < 1.29 is 56.8 Å². The van der Waals surface area contributed by atoms with Crippen LogP contribution >= 0.6 is 0 Å². The molecule has 0 aromatic carbocycles. The number of halogens is 3. The van der Waals surface area contributed by atoms with E-state index in [4.69, 9.17) is 0 Å². The molecule has 0 fully saturated rings. The maximum Gasteiger partial charge on any atom is 2.00 e. The predicted molar refractivity (Wildman–Crippen MR) is 2.50 cm³/mol. The molecule has 0 bridgehead atoms. The van der Waals surface area contributed by atoms with Crippen molar-refractivity contribution in [2.75, 3.05) is 0 Å². The number of hydrogen-bond donors (Lipinski definition) is 0. The van der Waals surface area contributed by atoms with Crippen LogP contribution in [0.4, 0.5) is 4.70 Å². The van der Waals surface area contributed by atoms with Gasteiger partial charge in [0.1, 0.15) is 0 Å². The SMILES string of the molecule is F.[Cd+2].[Cl-].[Cl-]. The minimum absolute atomic E-state index is 0. The Labute approximate surface area is 56.7 Å². The molecule has 0 N–H and O–H groups in total. The van der Waals surface area contributed by atoms with Crippen molar-refractivity contribution in [3.8, 4) is 0 Å². The van der Waals surface area contributed by atoms with Crippen molar-refractivity contribution in [1.82, 2.24) is 0 Å². The first-order valence-electron chi connectivity index (χ1n) is 0. The molecular weight excluding hydrogens is 202 g/mol. The molecule has 4 heteroatoms. The van der Waals surface area contributed by atoms with E-state index in [0.29, 0.717) is 0 Å². The molecule has 0 saturated heterocycles. The molecule has 0 heterocycles. The van der Waals surface area contributed by atoms with Gasteiger partial charge in [0, 0.05) is 0 Å². The van der Waals surface area contributed by atoms with Gasteiger partial charge >= 0.3 is 27.3 Å². The molecule has 0 spiro atoms. The second-order valence-electron chi connectivity index (χ2n) is 0. The Bertz CT molecular complexity index is 6.00. The van der Waals surface area contributed by atoms with E-state index in [1.807, 2.05) is 0 Å². The molecule has 0 unspecified atom stereocenters. The molecule has 0 aliphatic heterocycles. The van der Waals surface area contributed by atoms with E-state index in [0.717, 1.165) is 0 Å². The second kappa shape index (κ2) is 25.5. The van der Waals surface area contributed by atoms with Crippen LogP contribution < -0.4 is 24.8 Å². The Morgan fingerprint density at radius 1 is 0.750 bits per heavy atom. The van der Waals surface area contributed by atoms with Gasteiger partial charge in [-0.1, -0.05) is 0 Å². The van der Waals surface area contributed by atoms with Gasteiger partial charge in [-0.2, -0.15) is 0 Å². The minimum atomic E-state index is 0. The fraction of sp³-hybridized carbons (Fsp3) is 0. The molecule has 0 aliphatic rings. The van der Waals surface area contributed by atoms with Gasteiger partial charge in [0.25, 0.3) is 0 Å². The van der Waals surface area contributed by atoms with Crippen molar-refractivity contribution in [3.05, 3.63) is 0 Å². The van der Waals surface area contributed by atoms with E-state index in [1.54, 1.807) is 0 Å². The second-order valence-corrected chi connectivity index (χ2v) is 0. The summed E-state index contributed by atoms with van der Waals surface area (Å²) in [6.45, 7) is 0. The van der Waals surface area contributed by atoms with Gasteiger partial charge in [0.15, 0.2) is 0 Å². The summed E-state index contributed by atoms with van der Waals surface area (Å²) in [5, 5.41) is 0. The summed E-state index contributed by atoms with van der Waals surface area (Å²) in [5.74, 6) is 0. The van der Waals surface area contributed by atoms with Crippen molar-refractivity contribution in [2.24, 2.45) is 0 Å². The Morgan fingerprint density at radius 3 is 0.750 bits per heavy atom. The van der Waals surface area contributed by atoms with Crippen LogP contribution in [-0.4, -0.2) is 0 Å². The van der Waals surface area contributed by atoms with E-state index in [2.05, 4.69) is 0 Å². The summed E-state index contributed by atoms with van der Waals surface area (Å²) in [4.78, 5) is 0. The monoisotopic (exact) mass is 204 g/mol. The molecule has 4 heavy (non-hydrogen) atoms. The van der Waals surface area contributed by atoms with E-state index >= 15 is 0 Å². The van der Waals surface area contributed by atoms with Gasteiger partial charge in [-0.15, -0.1) is 0 Å². The molecule has 0 nitrogen and oxygen atoms in total. The maximum absolute atomic E-state index is 0. The third-order valence-corrected chi connectivity index (χ3v) is 0. The molecule has 0 rings (SSSR count). The van der Waals surface area contributed by atoms with Crippen molar-refractivity contribution in [1.29, 1.82) is 0 Å². The molecule has 0 atom stereocenters. The van der Waals surface area contributed by atoms with Gasteiger partial charge in [0.2, 0.25) is 0 Å². The molecule has 0 amide bonds. The van der Waals surface area contributed by atoms with Crippen LogP contribution in [0.25, 0.3) is 0 Å². The summed E-state index contributed by atoms with van der Waals surface area (Å²) in [6.07, 6.45) is 0. The van der Waals surface area contributed by atoms with E-state index in [1.165, 1.54) is 0 Å². The number of hydrogen-bond acceptors (Lipinski definition) is 0. The molecule has 0 saturated carbocycles. The zero-order valence-corrected chi connectivity index (χ0v) is 7.42. The van der Waals surface area contributed by atoms with Gasteiger partial charge in [-0.25, -0.2) is 0 Å². The molecule has 24 valence electrons. The summed E-state index contributed by atoms with van der Waals surface area (Å²) in [7, 11) is 0. The summed E-state index contributed by atoms with van der Waals surface area (Å²) >= 11 is 0. The van der Waals surface area contributed by atoms with Crippen molar-refractivity contribution >= 4 is 0 Å². The normalized spacial score (nSPS) is 0. The van der Waals surface area contributed by atoms with E-state index < -0.39 is 0 Å². The predicted octanol–water partition coefficient (Wildman–Crippen LogP) is -5.84. The Kier molecular flexibility index (Phi) is 331. The van der Waals surface area contributed by atoms with Crippen LogP contribution in [0.5, 0.6) is 0 Å². The first-order valence-corrected chi connectivity index (χ1v) is 0. The Balaban J connectivity index is 0. The first-order chi connectivity index (χ1) is 0. The van der Waals surface area contributed by atoms with Gasteiger partial charge in [-0.05, 0) is 0 Å². The van der Waals surface area contributed by atoms with Crippen LogP contribution in [0, 0.1) is 0 Å². The Morgan fingerprint density at radius 2 is 0.750 bits per heavy atom. The quantitative estimate of drug-likeness (QED) is 0.344. The third-order valence-electron chi connectivity index (χ3n) is 0. The summed E-state index contributed by atoms with van der Waals surface area (Å²) < 4.78 is 0. The zero-order valence-electron chi connectivity index (χ0n) is 1.87. The summed E-state index contributed by atoms with van der Waals surface area (Å²) in [6, 6.07) is 0. The van der Waals surface area contributed by atoms with Crippen molar-refractivity contribution in [3.63, 3.8) is 0 Å². The minimum Gasteiger partial charge on any atom is -1.00 e. The fourth-order valence-electron chi connectivity index (χ4n) is 0. The van der Waals surface area contributed by atoms with Gasteiger partial charge in [-0.3, -0.25) is 4.70 Å². The van der Waals surface area contributed by atoms with E-state index in [9.17, 15) is 0 Å². The average Bonchev–Trinajstić information content (AvgIpc) is 0. The van der Waals surface area contributed by atoms with Crippen LogP contribution in [0.2, 0.25) is 0 Å². The number of rotatable bonds is 0. The first kappa shape index (κ1) is 52.0. The van der Waals surface area contributed by atoms with Gasteiger partial charge < -0.3 is 24.8 Å². The topological polar surface area (TPSA) is 0 Å². The smallest absolute Gasteiger partial charge is 1.00 e. The third kappa shape index (κ3) is 9.90. The van der Waals surface area contributed by atoms with Gasteiger partial charge in [0.05, 0.1) is 0 Å². The molecule has 0 radical (unpaired) electrons. The Hall–Kier alpha value is 1.43. The molecule has 0 aromatic rings. The summed E-state index contributed by atoms with van der Waals surface area (Å²) in [5.41, 5.74) is 0. The fourth-order valence-corrected chi connectivity index (χ4v) is 0. The zero-order chi connectivity index (χ0) is 0. The maximum atomic E-state index is 0.